The fourth-order valence-corrected chi connectivity index (χ4v) is 1.90. The standard InChI is InChI=1S/C15H18N2O/c1-12-5-7-13(8-6-12)10-17(2)11-15(18)14-4-3-9-16-14/h3-9,16H,10-11H2,1-2H3. The van der Waals surface area contributed by atoms with Crippen LogP contribution in [0.15, 0.2) is 42.6 Å². The lowest BCUT2D eigenvalue weighted by Gasteiger charge is -2.15. The van der Waals surface area contributed by atoms with Gasteiger partial charge in [-0.15, -0.1) is 0 Å². The normalized spacial score (nSPS) is 10.8. The van der Waals surface area contributed by atoms with Gasteiger partial charge in [0.15, 0.2) is 5.78 Å². The van der Waals surface area contributed by atoms with Crippen molar-refractivity contribution < 1.29 is 4.79 Å². The van der Waals surface area contributed by atoms with Crippen LogP contribution in [-0.2, 0) is 6.54 Å². The number of hydrogen-bond acceptors (Lipinski definition) is 2. The molecule has 0 bridgehead atoms. The number of ketones is 1. The molecule has 2 rings (SSSR count). The minimum atomic E-state index is 0.120. The SMILES string of the molecule is Cc1ccc(CN(C)CC(=O)c2ccc[nH]2)cc1. The Labute approximate surface area is 107 Å². The van der Waals surface area contributed by atoms with E-state index in [0.29, 0.717) is 12.2 Å². The molecule has 1 heterocycles. The number of carbonyl (C=O) groups is 1. The Balaban J connectivity index is 1.90. The fourth-order valence-electron chi connectivity index (χ4n) is 1.90. The van der Waals surface area contributed by atoms with E-state index in [1.165, 1.54) is 11.1 Å². The third-order valence-electron chi connectivity index (χ3n) is 2.88. The van der Waals surface area contributed by atoms with Crippen molar-refractivity contribution >= 4 is 5.78 Å². The molecule has 0 fully saturated rings. The smallest absolute Gasteiger partial charge is 0.192 e. The monoisotopic (exact) mass is 242 g/mol. The van der Waals surface area contributed by atoms with Gasteiger partial charge in [-0.3, -0.25) is 9.69 Å². The Kier molecular flexibility index (Phi) is 3.95. The first-order valence-electron chi connectivity index (χ1n) is 6.06. The van der Waals surface area contributed by atoms with Gasteiger partial charge >= 0.3 is 0 Å². The van der Waals surface area contributed by atoms with E-state index in [0.717, 1.165) is 6.54 Å². The van der Waals surface area contributed by atoms with Gasteiger partial charge in [0.2, 0.25) is 0 Å². The number of hydrogen-bond donors (Lipinski definition) is 1. The minimum Gasteiger partial charge on any atom is -0.359 e. The maximum atomic E-state index is 11.9. The van der Waals surface area contributed by atoms with Crippen LogP contribution < -0.4 is 0 Å². The average Bonchev–Trinajstić information content (AvgIpc) is 2.85. The largest absolute Gasteiger partial charge is 0.359 e. The molecule has 0 saturated carbocycles. The summed E-state index contributed by atoms with van der Waals surface area (Å²) in [6.45, 7) is 3.28. The van der Waals surface area contributed by atoms with Gasteiger partial charge in [0.25, 0.3) is 0 Å². The molecule has 1 N–H and O–H groups in total. The predicted molar refractivity (Wildman–Crippen MR) is 72.6 cm³/mol. The first kappa shape index (κ1) is 12.6. The van der Waals surface area contributed by atoms with Gasteiger partial charge in [0.1, 0.15) is 0 Å². The number of carbonyl (C=O) groups excluding carboxylic acids is 1. The first-order chi connectivity index (χ1) is 8.65. The van der Waals surface area contributed by atoms with Crippen LogP contribution in [0, 0.1) is 6.92 Å². The zero-order valence-electron chi connectivity index (χ0n) is 10.8. The van der Waals surface area contributed by atoms with Crippen LogP contribution in [0.3, 0.4) is 0 Å². The van der Waals surface area contributed by atoms with Crippen LogP contribution in [0.2, 0.25) is 0 Å². The Morgan fingerprint density at radius 1 is 1.22 bits per heavy atom. The van der Waals surface area contributed by atoms with Crippen molar-refractivity contribution in [3.8, 4) is 0 Å². The van der Waals surface area contributed by atoms with E-state index in [1.54, 1.807) is 6.20 Å². The number of rotatable bonds is 5. The highest BCUT2D eigenvalue weighted by Crippen LogP contribution is 2.06. The van der Waals surface area contributed by atoms with E-state index in [4.69, 9.17) is 0 Å². The van der Waals surface area contributed by atoms with Crippen molar-refractivity contribution in [1.82, 2.24) is 9.88 Å². The number of nitrogens with zero attached hydrogens (tertiary/aromatic N) is 1. The van der Waals surface area contributed by atoms with E-state index < -0.39 is 0 Å². The summed E-state index contributed by atoms with van der Waals surface area (Å²) in [5.74, 6) is 0.120. The van der Waals surface area contributed by atoms with Gasteiger partial charge in [-0.1, -0.05) is 29.8 Å². The molecule has 0 radical (unpaired) electrons. The third-order valence-corrected chi connectivity index (χ3v) is 2.88. The van der Waals surface area contributed by atoms with Crippen molar-refractivity contribution in [1.29, 1.82) is 0 Å². The van der Waals surface area contributed by atoms with Gasteiger partial charge in [-0.05, 0) is 31.7 Å². The number of nitrogens with one attached hydrogen (secondary N) is 1. The molecule has 0 aliphatic heterocycles. The maximum absolute atomic E-state index is 11.9. The molecule has 0 aliphatic rings. The Bertz CT molecular complexity index is 500. The molecule has 0 atom stereocenters. The van der Waals surface area contributed by atoms with Gasteiger partial charge in [0, 0.05) is 12.7 Å². The Morgan fingerprint density at radius 3 is 2.56 bits per heavy atom. The molecular weight excluding hydrogens is 224 g/mol. The van der Waals surface area contributed by atoms with Crippen LogP contribution in [0.5, 0.6) is 0 Å². The summed E-state index contributed by atoms with van der Waals surface area (Å²) in [4.78, 5) is 16.8. The molecule has 0 amide bonds. The lowest BCUT2D eigenvalue weighted by molar-refractivity contribution is 0.0938. The summed E-state index contributed by atoms with van der Waals surface area (Å²) in [5.41, 5.74) is 3.15. The van der Waals surface area contributed by atoms with Crippen LogP contribution >= 0.6 is 0 Å². The molecule has 1 aromatic heterocycles. The lowest BCUT2D eigenvalue weighted by Crippen LogP contribution is -2.25. The van der Waals surface area contributed by atoms with Crippen LogP contribution in [0.25, 0.3) is 0 Å². The second-order valence-electron chi connectivity index (χ2n) is 4.66. The molecule has 2 aromatic rings. The van der Waals surface area contributed by atoms with Crippen molar-refractivity contribution in [3.05, 3.63) is 59.4 Å². The zero-order valence-corrected chi connectivity index (χ0v) is 10.8. The Hall–Kier alpha value is -1.87. The number of benzene rings is 1. The van der Waals surface area contributed by atoms with Crippen molar-refractivity contribution in [3.63, 3.8) is 0 Å². The molecule has 0 aliphatic carbocycles. The van der Waals surface area contributed by atoms with Crippen molar-refractivity contribution in [2.24, 2.45) is 0 Å². The quantitative estimate of drug-likeness (QED) is 0.818. The van der Waals surface area contributed by atoms with Gasteiger partial charge in [-0.25, -0.2) is 0 Å². The van der Waals surface area contributed by atoms with Crippen LogP contribution in [0.4, 0.5) is 0 Å². The Morgan fingerprint density at radius 2 is 1.94 bits per heavy atom. The highest BCUT2D eigenvalue weighted by molar-refractivity contribution is 5.95. The van der Waals surface area contributed by atoms with E-state index in [2.05, 4.69) is 36.2 Å². The molecule has 0 spiro atoms. The topological polar surface area (TPSA) is 36.1 Å². The number of H-pyrrole nitrogens is 1. The molecule has 18 heavy (non-hydrogen) atoms. The summed E-state index contributed by atoms with van der Waals surface area (Å²) < 4.78 is 0. The minimum absolute atomic E-state index is 0.120. The molecule has 3 heteroatoms. The van der Waals surface area contributed by atoms with Crippen LogP contribution in [-0.4, -0.2) is 29.3 Å². The van der Waals surface area contributed by atoms with Gasteiger partial charge < -0.3 is 4.98 Å². The number of likely N-dealkylation sites (N-methyl/N-ethyl adjacent to an activating group) is 1. The van der Waals surface area contributed by atoms with Gasteiger partial charge in [0.05, 0.1) is 12.2 Å². The summed E-state index contributed by atoms with van der Waals surface area (Å²) in [5, 5.41) is 0. The molecule has 3 nitrogen and oxygen atoms in total. The van der Waals surface area contributed by atoms with Gasteiger partial charge in [-0.2, -0.15) is 0 Å². The molecule has 1 aromatic carbocycles. The van der Waals surface area contributed by atoms with Crippen LogP contribution in [0.1, 0.15) is 21.6 Å². The number of aromatic amines is 1. The summed E-state index contributed by atoms with van der Waals surface area (Å²) in [7, 11) is 1.96. The number of aromatic nitrogens is 1. The van der Waals surface area contributed by atoms with E-state index in [9.17, 15) is 4.79 Å². The van der Waals surface area contributed by atoms with E-state index in [1.807, 2.05) is 24.1 Å². The van der Waals surface area contributed by atoms with Crippen molar-refractivity contribution in [2.75, 3.05) is 13.6 Å². The first-order valence-corrected chi connectivity index (χ1v) is 6.06. The molecule has 0 unspecified atom stereocenters. The summed E-state index contributed by atoms with van der Waals surface area (Å²) in [6.07, 6.45) is 1.77. The molecule has 94 valence electrons. The average molecular weight is 242 g/mol. The van der Waals surface area contributed by atoms with Crippen molar-refractivity contribution in [2.45, 2.75) is 13.5 Å². The van der Waals surface area contributed by atoms with E-state index in [-0.39, 0.29) is 5.78 Å². The number of Topliss-reactive ketones (excluding diaryl/α,β-unsaturated/α-hetero) is 1. The van der Waals surface area contributed by atoms with E-state index >= 15 is 0 Å². The third kappa shape index (κ3) is 3.31. The highest BCUT2D eigenvalue weighted by atomic mass is 16.1. The zero-order chi connectivity index (χ0) is 13.0. The summed E-state index contributed by atoms with van der Waals surface area (Å²) >= 11 is 0. The molecular formula is C15H18N2O. The maximum Gasteiger partial charge on any atom is 0.192 e. The number of aryl methyl sites for hydroxylation is 1. The summed E-state index contributed by atoms with van der Waals surface area (Å²) in [6, 6.07) is 12.0. The second-order valence-corrected chi connectivity index (χ2v) is 4.66. The fraction of sp³-hybridized carbons (Fsp3) is 0.267. The predicted octanol–water partition coefficient (Wildman–Crippen LogP) is 2.64. The second kappa shape index (κ2) is 5.65. The molecule has 0 saturated heterocycles. The lowest BCUT2D eigenvalue weighted by atomic mass is 10.1. The highest BCUT2D eigenvalue weighted by Gasteiger charge is 2.09.